The Kier molecular flexibility index (Phi) is 3.66. The summed E-state index contributed by atoms with van der Waals surface area (Å²) >= 11 is 0. The Morgan fingerprint density at radius 3 is 2.61 bits per heavy atom. The average Bonchev–Trinajstić information content (AvgIpc) is 2.28. The zero-order valence-corrected chi connectivity index (χ0v) is 11.8. The van der Waals surface area contributed by atoms with Crippen LogP contribution >= 0.6 is 0 Å². The van der Waals surface area contributed by atoms with Gasteiger partial charge in [0, 0.05) is 0 Å². The molecule has 1 aromatic rings. The number of nitrogen functional groups attached to an aromatic ring is 1. The summed E-state index contributed by atoms with van der Waals surface area (Å²) < 4.78 is 25.2. The van der Waals surface area contributed by atoms with Crippen molar-refractivity contribution in [2.24, 2.45) is 5.92 Å². The Hall–Kier alpha value is -1.03. The lowest BCUT2D eigenvalue weighted by molar-refractivity contribution is 0.382. The molecule has 0 radical (unpaired) electrons. The van der Waals surface area contributed by atoms with Gasteiger partial charge in [-0.1, -0.05) is 25.8 Å². The van der Waals surface area contributed by atoms with Crippen LogP contribution in [0.5, 0.6) is 0 Å². The summed E-state index contributed by atoms with van der Waals surface area (Å²) in [6.45, 7) is 4.04. The van der Waals surface area contributed by atoms with Crippen molar-refractivity contribution in [2.45, 2.75) is 49.7 Å². The van der Waals surface area contributed by atoms with E-state index in [4.69, 9.17) is 5.73 Å². The standard InChI is InChI=1S/C14H21NO2S/c1-10-4-3-5-12(8-10)18(16,17)14-7-6-11(2)9-13(14)15/h6-7,9-10,12H,3-5,8,15H2,1-2H3. The lowest BCUT2D eigenvalue weighted by atomic mass is 9.91. The highest BCUT2D eigenvalue weighted by molar-refractivity contribution is 7.92. The first-order valence-electron chi connectivity index (χ1n) is 6.51. The van der Waals surface area contributed by atoms with Gasteiger partial charge >= 0.3 is 0 Å². The molecule has 1 aliphatic rings. The zero-order valence-electron chi connectivity index (χ0n) is 11.0. The largest absolute Gasteiger partial charge is 0.398 e. The minimum Gasteiger partial charge on any atom is -0.398 e. The Bertz CT molecular complexity index is 537. The molecule has 0 bridgehead atoms. The van der Waals surface area contributed by atoms with E-state index in [1.165, 1.54) is 0 Å². The molecule has 0 amide bonds. The van der Waals surface area contributed by atoms with E-state index in [1.54, 1.807) is 12.1 Å². The quantitative estimate of drug-likeness (QED) is 0.838. The summed E-state index contributed by atoms with van der Waals surface area (Å²) in [7, 11) is -3.27. The second kappa shape index (κ2) is 4.92. The summed E-state index contributed by atoms with van der Waals surface area (Å²) in [5.74, 6) is 0.491. The van der Waals surface area contributed by atoms with E-state index in [-0.39, 0.29) is 5.25 Å². The van der Waals surface area contributed by atoms with Crippen molar-refractivity contribution >= 4 is 15.5 Å². The highest BCUT2D eigenvalue weighted by Gasteiger charge is 2.32. The summed E-state index contributed by atoms with van der Waals surface area (Å²) in [6, 6.07) is 5.20. The Morgan fingerprint density at radius 1 is 1.28 bits per heavy atom. The predicted molar refractivity (Wildman–Crippen MR) is 74.2 cm³/mol. The number of hydrogen-bond acceptors (Lipinski definition) is 3. The molecule has 1 aliphatic carbocycles. The van der Waals surface area contributed by atoms with Crippen molar-refractivity contribution in [1.82, 2.24) is 0 Å². The maximum absolute atomic E-state index is 12.6. The highest BCUT2D eigenvalue weighted by atomic mass is 32.2. The fourth-order valence-corrected chi connectivity index (χ4v) is 4.83. The van der Waals surface area contributed by atoms with Crippen LogP contribution in [0.2, 0.25) is 0 Å². The smallest absolute Gasteiger partial charge is 0.183 e. The molecular weight excluding hydrogens is 246 g/mol. The maximum Gasteiger partial charge on any atom is 0.183 e. The van der Waals surface area contributed by atoms with Gasteiger partial charge in [0.05, 0.1) is 15.8 Å². The number of aryl methyl sites for hydroxylation is 1. The van der Waals surface area contributed by atoms with Gasteiger partial charge in [-0.3, -0.25) is 0 Å². The van der Waals surface area contributed by atoms with Crippen LogP contribution in [-0.2, 0) is 9.84 Å². The van der Waals surface area contributed by atoms with Crippen LogP contribution in [0.4, 0.5) is 5.69 Å². The van der Waals surface area contributed by atoms with Crippen molar-refractivity contribution in [3.8, 4) is 0 Å². The topological polar surface area (TPSA) is 60.2 Å². The fraction of sp³-hybridized carbons (Fsp3) is 0.571. The number of sulfone groups is 1. The number of hydrogen-bond donors (Lipinski definition) is 1. The van der Waals surface area contributed by atoms with Crippen LogP contribution < -0.4 is 5.73 Å². The number of nitrogens with two attached hydrogens (primary N) is 1. The molecule has 2 unspecified atom stereocenters. The lowest BCUT2D eigenvalue weighted by Crippen LogP contribution is -2.28. The van der Waals surface area contributed by atoms with Gasteiger partial charge in [0.2, 0.25) is 0 Å². The van der Waals surface area contributed by atoms with E-state index in [9.17, 15) is 8.42 Å². The van der Waals surface area contributed by atoms with Crippen molar-refractivity contribution in [3.63, 3.8) is 0 Å². The van der Waals surface area contributed by atoms with Crippen LogP contribution in [0.3, 0.4) is 0 Å². The van der Waals surface area contributed by atoms with Gasteiger partial charge in [-0.2, -0.15) is 0 Å². The molecule has 1 aromatic carbocycles. The molecule has 100 valence electrons. The molecular formula is C14H21NO2S. The molecule has 1 saturated carbocycles. The molecule has 1 fully saturated rings. The minimum atomic E-state index is -3.27. The monoisotopic (exact) mass is 267 g/mol. The van der Waals surface area contributed by atoms with Gasteiger partial charge in [0.1, 0.15) is 0 Å². The fourth-order valence-electron chi connectivity index (χ4n) is 2.77. The van der Waals surface area contributed by atoms with Crippen LogP contribution in [0, 0.1) is 12.8 Å². The Balaban J connectivity index is 2.35. The van der Waals surface area contributed by atoms with Gasteiger partial charge < -0.3 is 5.73 Å². The Morgan fingerprint density at radius 2 is 2.00 bits per heavy atom. The van der Waals surface area contributed by atoms with Gasteiger partial charge in [0.15, 0.2) is 9.84 Å². The molecule has 0 heterocycles. The van der Waals surface area contributed by atoms with Crippen LogP contribution in [0.25, 0.3) is 0 Å². The average molecular weight is 267 g/mol. The third kappa shape index (κ3) is 2.53. The van der Waals surface area contributed by atoms with Gasteiger partial charge in [-0.05, 0) is 43.4 Å². The summed E-state index contributed by atoms with van der Waals surface area (Å²) in [5, 5.41) is -0.258. The van der Waals surface area contributed by atoms with Crippen LogP contribution in [0.15, 0.2) is 23.1 Å². The summed E-state index contributed by atoms with van der Waals surface area (Å²) in [4.78, 5) is 0.312. The number of rotatable bonds is 2. The molecule has 0 saturated heterocycles. The van der Waals surface area contributed by atoms with E-state index >= 15 is 0 Å². The van der Waals surface area contributed by atoms with E-state index in [2.05, 4.69) is 6.92 Å². The van der Waals surface area contributed by atoms with Crippen molar-refractivity contribution in [2.75, 3.05) is 5.73 Å². The zero-order chi connectivity index (χ0) is 13.3. The molecule has 3 nitrogen and oxygen atoms in total. The Labute approximate surface area is 109 Å². The van der Waals surface area contributed by atoms with E-state index < -0.39 is 9.84 Å². The molecule has 4 heteroatoms. The second-order valence-corrected chi connectivity index (χ2v) is 7.68. The first-order valence-corrected chi connectivity index (χ1v) is 8.06. The van der Waals surface area contributed by atoms with Crippen LogP contribution in [-0.4, -0.2) is 13.7 Å². The first kappa shape index (κ1) is 13.4. The number of benzene rings is 1. The van der Waals surface area contributed by atoms with Gasteiger partial charge in [-0.25, -0.2) is 8.42 Å². The molecule has 2 N–H and O–H groups in total. The summed E-state index contributed by atoms with van der Waals surface area (Å²) in [5.41, 5.74) is 7.24. The van der Waals surface area contributed by atoms with Gasteiger partial charge in [0.25, 0.3) is 0 Å². The lowest BCUT2D eigenvalue weighted by Gasteiger charge is -2.27. The molecule has 0 spiro atoms. The predicted octanol–water partition coefficient (Wildman–Crippen LogP) is 2.93. The van der Waals surface area contributed by atoms with Crippen molar-refractivity contribution in [1.29, 1.82) is 0 Å². The maximum atomic E-state index is 12.6. The molecule has 18 heavy (non-hydrogen) atoms. The second-order valence-electron chi connectivity index (χ2n) is 5.48. The van der Waals surface area contributed by atoms with Crippen LogP contribution in [0.1, 0.15) is 38.2 Å². The van der Waals surface area contributed by atoms with E-state index in [0.29, 0.717) is 16.5 Å². The normalized spacial score (nSPS) is 25.0. The van der Waals surface area contributed by atoms with E-state index in [1.807, 2.05) is 13.0 Å². The first-order chi connectivity index (χ1) is 8.41. The third-order valence-electron chi connectivity index (χ3n) is 3.80. The van der Waals surface area contributed by atoms with E-state index in [0.717, 1.165) is 31.2 Å². The highest BCUT2D eigenvalue weighted by Crippen LogP contribution is 2.33. The molecule has 0 aromatic heterocycles. The summed E-state index contributed by atoms with van der Waals surface area (Å²) in [6.07, 6.45) is 3.65. The van der Waals surface area contributed by atoms with Crippen molar-refractivity contribution in [3.05, 3.63) is 23.8 Å². The molecule has 2 atom stereocenters. The van der Waals surface area contributed by atoms with Gasteiger partial charge in [-0.15, -0.1) is 0 Å². The number of anilines is 1. The third-order valence-corrected chi connectivity index (χ3v) is 6.09. The SMILES string of the molecule is Cc1ccc(S(=O)(=O)C2CCCC(C)C2)c(N)c1. The minimum absolute atomic E-state index is 0.258. The van der Waals surface area contributed by atoms with Crippen molar-refractivity contribution < 1.29 is 8.42 Å². The molecule has 0 aliphatic heterocycles. The molecule has 2 rings (SSSR count).